The summed E-state index contributed by atoms with van der Waals surface area (Å²) in [4.78, 5) is 33.2. The Hall–Kier alpha value is -3.67. The Balaban J connectivity index is 0.000000451. The zero-order valence-corrected chi connectivity index (χ0v) is 17.5. The van der Waals surface area contributed by atoms with E-state index in [1.807, 2.05) is 31.4 Å². The van der Waals surface area contributed by atoms with Crippen LogP contribution >= 0.6 is 0 Å². The van der Waals surface area contributed by atoms with Gasteiger partial charge in [0.1, 0.15) is 0 Å². The van der Waals surface area contributed by atoms with Gasteiger partial charge in [0, 0.05) is 36.9 Å². The fourth-order valence-corrected chi connectivity index (χ4v) is 2.88. The molecule has 172 valence electrons. The van der Waals surface area contributed by atoms with Crippen molar-refractivity contribution < 1.29 is 27.9 Å². The number of carboxylic acids is 1. The number of aryl methyl sites for hydroxylation is 3. The molecule has 1 unspecified atom stereocenters. The second-order valence-corrected chi connectivity index (χ2v) is 7.09. The number of halogens is 3. The number of rotatable bonds is 4. The van der Waals surface area contributed by atoms with E-state index in [1.165, 1.54) is 0 Å². The first-order valence-electron chi connectivity index (χ1n) is 9.24. The Bertz CT molecular complexity index is 1200. The molecule has 32 heavy (non-hydrogen) atoms. The average Bonchev–Trinajstić information content (AvgIpc) is 3.10. The molecule has 0 aliphatic carbocycles. The average molecular weight is 453 g/mol. The lowest BCUT2D eigenvalue weighted by molar-refractivity contribution is -0.192. The fraction of sp³-hybridized carbons (Fsp3) is 0.300. The lowest BCUT2D eigenvalue weighted by atomic mass is 10.1. The van der Waals surface area contributed by atoms with E-state index < -0.39 is 18.2 Å². The normalized spacial score (nSPS) is 12.1. The highest BCUT2D eigenvalue weighted by Crippen LogP contribution is 2.19. The monoisotopic (exact) mass is 453 g/mol. The number of hydrogen-bond donors (Lipinski definition) is 3. The molecular formula is C20H22F3N5O4. The smallest absolute Gasteiger partial charge is 0.475 e. The van der Waals surface area contributed by atoms with Crippen LogP contribution in [0.4, 0.5) is 18.9 Å². The molecule has 0 bridgehead atoms. The van der Waals surface area contributed by atoms with E-state index in [4.69, 9.17) is 15.6 Å². The Morgan fingerprint density at radius 3 is 2.41 bits per heavy atom. The van der Waals surface area contributed by atoms with E-state index >= 15 is 0 Å². The number of hydrogen-bond acceptors (Lipinski definition) is 5. The highest BCUT2D eigenvalue weighted by atomic mass is 19.4. The number of carbonyl (C=O) groups excluding carboxylic acids is 1. The van der Waals surface area contributed by atoms with Crippen LogP contribution in [0.15, 0.2) is 41.5 Å². The minimum atomic E-state index is -5.08. The Kier molecular flexibility index (Phi) is 7.41. The van der Waals surface area contributed by atoms with Gasteiger partial charge in [-0.25, -0.2) is 4.79 Å². The molecule has 0 radical (unpaired) electrons. The Morgan fingerprint density at radius 2 is 1.88 bits per heavy atom. The number of aromatic nitrogens is 3. The van der Waals surface area contributed by atoms with Gasteiger partial charge >= 0.3 is 12.1 Å². The maximum absolute atomic E-state index is 12.3. The summed E-state index contributed by atoms with van der Waals surface area (Å²) in [5.41, 5.74) is 9.00. The second-order valence-electron chi connectivity index (χ2n) is 7.09. The molecule has 3 rings (SSSR count). The van der Waals surface area contributed by atoms with E-state index in [0.29, 0.717) is 17.7 Å². The minimum Gasteiger partial charge on any atom is -0.475 e. The number of alkyl halides is 3. The van der Waals surface area contributed by atoms with Gasteiger partial charge in [-0.3, -0.25) is 14.3 Å². The highest BCUT2D eigenvalue weighted by molar-refractivity contribution is 5.96. The number of carboxylic acid groups (broad SMARTS) is 1. The number of amides is 1. The summed E-state index contributed by atoms with van der Waals surface area (Å²) in [5, 5.41) is 14.9. The van der Waals surface area contributed by atoms with Crippen molar-refractivity contribution >= 4 is 28.5 Å². The Labute approximate surface area is 180 Å². The van der Waals surface area contributed by atoms with Crippen LogP contribution in [-0.4, -0.2) is 43.5 Å². The topological polar surface area (TPSA) is 132 Å². The van der Waals surface area contributed by atoms with E-state index in [-0.39, 0.29) is 11.5 Å². The van der Waals surface area contributed by atoms with Crippen LogP contribution in [0, 0.1) is 6.92 Å². The molecule has 0 saturated heterocycles. The molecule has 0 saturated carbocycles. The van der Waals surface area contributed by atoms with Crippen molar-refractivity contribution in [3.05, 3.63) is 58.1 Å². The molecule has 2 aromatic heterocycles. The van der Waals surface area contributed by atoms with Crippen molar-refractivity contribution in [2.75, 3.05) is 5.32 Å². The molecule has 0 aliphatic heterocycles. The molecule has 3 aromatic rings. The van der Waals surface area contributed by atoms with Gasteiger partial charge < -0.3 is 20.7 Å². The number of aliphatic carboxylic acids is 1. The SMILES string of the molecule is Cc1cc2cc(NC(=O)C(N)Cc3cnn(C)c3)ccc2n(C)c1=O.O=C(O)C(F)(F)F. The van der Waals surface area contributed by atoms with E-state index in [0.717, 1.165) is 16.5 Å². The van der Waals surface area contributed by atoms with Crippen LogP contribution in [0.1, 0.15) is 11.1 Å². The van der Waals surface area contributed by atoms with E-state index in [1.54, 1.807) is 35.5 Å². The molecule has 1 amide bonds. The lowest BCUT2D eigenvalue weighted by Gasteiger charge is -2.13. The summed E-state index contributed by atoms with van der Waals surface area (Å²) in [7, 11) is 3.55. The van der Waals surface area contributed by atoms with Crippen LogP contribution in [0.3, 0.4) is 0 Å². The molecule has 0 aliphatic rings. The lowest BCUT2D eigenvalue weighted by Crippen LogP contribution is -2.37. The van der Waals surface area contributed by atoms with Crippen LogP contribution in [0.5, 0.6) is 0 Å². The van der Waals surface area contributed by atoms with Crippen LogP contribution < -0.4 is 16.6 Å². The van der Waals surface area contributed by atoms with Crippen molar-refractivity contribution in [2.24, 2.45) is 19.8 Å². The third-order valence-electron chi connectivity index (χ3n) is 4.46. The number of nitrogens with one attached hydrogen (secondary N) is 1. The predicted molar refractivity (Wildman–Crippen MR) is 111 cm³/mol. The molecule has 0 spiro atoms. The number of nitrogens with two attached hydrogens (primary N) is 1. The molecule has 1 atom stereocenters. The van der Waals surface area contributed by atoms with Crippen molar-refractivity contribution in [2.45, 2.75) is 25.6 Å². The molecule has 2 heterocycles. The van der Waals surface area contributed by atoms with Crippen molar-refractivity contribution in [3.8, 4) is 0 Å². The second kappa shape index (κ2) is 9.64. The van der Waals surface area contributed by atoms with Gasteiger partial charge in [0.25, 0.3) is 5.56 Å². The fourth-order valence-electron chi connectivity index (χ4n) is 2.88. The number of pyridine rings is 1. The van der Waals surface area contributed by atoms with Crippen molar-refractivity contribution in [3.63, 3.8) is 0 Å². The summed E-state index contributed by atoms with van der Waals surface area (Å²) in [6, 6.07) is 6.59. The summed E-state index contributed by atoms with van der Waals surface area (Å²) in [5.74, 6) is -3.02. The Morgan fingerprint density at radius 1 is 1.25 bits per heavy atom. The first-order valence-corrected chi connectivity index (χ1v) is 9.24. The van der Waals surface area contributed by atoms with Gasteiger partial charge in [-0.15, -0.1) is 0 Å². The minimum absolute atomic E-state index is 0.0252. The van der Waals surface area contributed by atoms with Crippen LogP contribution in [0.25, 0.3) is 10.9 Å². The molecule has 1 aromatic carbocycles. The third-order valence-corrected chi connectivity index (χ3v) is 4.46. The van der Waals surface area contributed by atoms with Gasteiger partial charge in [-0.05, 0) is 43.2 Å². The number of carbonyl (C=O) groups is 2. The maximum Gasteiger partial charge on any atom is 0.490 e. The summed E-state index contributed by atoms with van der Waals surface area (Å²) in [6.07, 6.45) is -1.13. The maximum atomic E-state index is 12.3. The first-order chi connectivity index (χ1) is 14.8. The quantitative estimate of drug-likeness (QED) is 0.551. The number of benzene rings is 1. The number of anilines is 1. The van der Waals surface area contributed by atoms with Gasteiger partial charge in [0.2, 0.25) is 5.91 Å². The van der Waals surface area contributed by atoms with E-state index in [9.17, 15) is 22.8 Å². The zero-order valence-electron chi connectivity index (χ0n) is 17.5. The molecule has 0 fully saturated rings. The van der Waals surface area contributed by atoms with Crippen LogP contribution in [0.2, 0.25) is 0 Å². The van der Waals surface area contributed by atoms with E-state index in [2.05, 4.69) is 10.4 Å². The summed E-state index contributed by atoms with van der Waals surface area (Å²) in [6.45, 7) is 1.77. The third kappa shape index (κ3) is 6.17. The van der Waals surface area contributed by atoms with Gasteiger partial charge in [-0.2, -0.15) is 18.3 Å². The van der Waals surface area contributed by atoms with Gasteiger partial charge in [-0.1, -0.05) is 0 Å². The highest BCUT2D eigenvalue weighted by Gasteiger charge is 2.38. The largest absolute Gasteiger partial charge is 0.490 e. The molecule has 9 nitrogen and oxygen atoms in total. The van der Waals surface area contributed by atoms with Crippen LogP contribution in [-0.2, 0) is 30.1 Å². The molecule has 4 N–H and O–H groups in total. The van der Waals surface area contributed by atoms with Gasteiger partial charge in [0.15, 0.2) is 0 Å². The number of fused-ring (bicyclic) bond motifs is 1. The molecule has 12 heteroatoms. The number of nitrogens with zero attached hydrogens (tertiary/aromatic N) is 3. The predicted octanol–water partition coefficient (Wildman–Crippen LogP) is 1.72. The first kappa shape index (κ1) is 24.6. The standard InChI is InChI=1S/C18H21N5O2.C2HF3O2/c1-11-6-13-8-14(4-5-16(13)23(3)18(11)25)21-17(24)15(19)7-12-9-20-22(2)10-12;3-2(4,5)1(6)7/h4-6,8-10,15H,7,19H2,1-3H3,(H,21,24);(H,6,7). The molecular weight excluding hydrogens is 431 g/mol. The summed E-state index contributed by atoms with van der Waals surface area (Å²) >= 11 is 0. The summed E-state index contributed by atoms with van der Waals surface area (Å²) < 4.78 is 35.0. The zero-order chi connectivity index (χ0) is 24.2. The van der Waals surface area contributed by atoms with Crippen molar-refractivity contribution in [1.82, 2.24) is 14.3 Å². The van der Waals surface area contributed by atoms with Gasteiger partial charge in [0.05, 0.1) is 17.8 Å². The van der Waals surface area contributed by atoms with Crippen molar-refractivity contribution in [1.29, 1.82) is 0 Å².